The van der Waals surface area contributed by atoms with Crippen molar-refractivity contribution in [2.45, 2.75) is 13.0 Å². The summed E-state index contributed by atoms with van der Waals surface area (Å²) in [6.07, 6.45) is 3.29. The van der Waals surface area contributed by atoms with Gasteiger partial charge in [-0.3, -0.25) is 4.79 Å². The Hall–Kier alpha value is -0.830. The van der Waals surface area contributed by atoms with Gasteiger partial charge in [0.2, 0.25) is 0 Å². The molecule has 0 radical (unpaired) electrons. The first kappa shape index (κ1) is 8.17. The highest BCUT2D eigenvalue weighted by Crippen LogP contribution is 1.84. The standard InChI is InChI=1S/C6H11NO2/c1-3-4-5(7)6(8)9-2/h3-5H,7H2,1-2H3/b4-3-/t5-/m1/s1. The number of ether oxygens (including phenoxy) is 1. The molecule has 9 heavy (non-hydrogen) atoms. The van der Waals surface area contributed by atoms with Crippen LogP contribution in [0.2, 0.25) is 0 Å². The second-order valence-electron chi connectivity index (χ2n) is 1.57. The van der Waals surface area contributed by atoms with Crippen LogP contribution in [0.25, 0.3) is 0 Å². The Kier molecular flexibility index (Phi) is 3.71. The van der Waals surface area contributed by atoms with Crippen molar-refractivity contribution in [2.75, 3.05) is 7.11 Å². The molecule has 0 aromatic heterocycles. The average molecular weight is 129 g/mol. The predicted molar refractivity (Wildman–Crippen MR) is 34.8 cm³/mol. The monoisotopic (exact) mass is 129 g/mol. The van der Waals surface area contributed by atoms with E-state index >= 15 is 0 Å². The Balaban J connectivity index is 3.72. The summed E-state index contributed by atoms with van der Waals surface area (Å²) in [4.78, 5) is 10.5. The number of hydrogen-bond acceptors (Lipinski definition) is 3. The quantitative estimate of drug-likeness (QED) is 0.424. The van der Waals surface area contributed by atoms with Crippen LogP contribution in [0.1, 0.15) is 6.92 Å². The van der Waals surface area contributed by atoms with Gasteiger partial charge in [-0.15, -0.1) is 0 Å². The molecule has 0 aromatic carbocycles. The molecule has 0 aromatic rings. The maximum Gasteiger partial charge on any atom is 0.326 e. The van der Waals surface area contributed by atoms with E-state index in [1.807, 2.05) is 0 Å². The van der Waals surface area contributed by atoms with Crippen molar-refractivity contribution in [2.24, 2.45) is 5.73 Å². The maximum atomic E-state index is 10.5. The number of carbonyl (C=O) groups excluding carboxylic acids is 1. The summed E-state index contributed by atoms with van der Waals surface area (Å²) in [5, 5.41) is 0. The van der Waals surface area contributed by atoms with E-state index in [-0.39, 0.29) is 0 Å². The first-order chi connectivity index (χ1) is 4.22. The van der Waals surface area contributed by atoms with Crippen LogP contribution in [0.15, 0.2) is 12.2 Å². The van der Waals surface area contributed by atoms with Gasteiger partial charge in [0.05, 0.1) is 7.11 Å². The lowest BCUT2D eigenvalue weighted by Crippen LogP contribution is -2.28. The first-order valence-corrected chi connectivity index (χ1v) is 2.68. The zero-order valence-electron chi connectivity index (χ0n) is 5.63. The molecule has 52 valence electrons. The van der Waals surface area contributed by atoms with E-state index in [1.54, 1.807) is 19.1 Å². The topological polar surface area (TPSA) is 52.3 Å². The van der Waals surface area contributed by atoms with Gasteiger partial charge in [0.1, 0.15) is 6.04 Å². The van der Waals surface area contributed by atoms with E-state index in [9.17, 15) is 4.79 Å². The molecule has 0 unspecified atom stereocenters. The fourth-order valence-electron chi connectivity index (χ4n) is 0.422. The lowest BCUT2D eigenvalue weighted by molar-refractivity contribution is -0.140. The van der Waals surface area contributed by atoms with Crippen molar-refractivity contribution in [3.63, 3.8) is 0 Å². The Morgan fingerprint density at radius 2 is 2.33 bits per heavy atom. The zero-order valence-corrected chi connectivity index (χ0v) is 5.63. The fourth-order valence-corrected chi connectivity index (χ4v) is 0.422. The number of methoxy groups -OCH3 is 1. The summed E-state index contributed by atoms with van der Waals surface area (Å²) in [6.45, 7) is 1.79. The van der Waals surface area contributed by atoms with Crippen LogP contribution in [-0.2, 0) is 9.53 Å². The lowest BCUT2D eigenvalue weighted by atomic mass is 10.3. The highest BCUT2D eigenvalue weighted by molar-refractivity contribution is 5.77. The lowest BCUT2D eigenvalue weighted by Gasteiger charge is -2.00. The van der Waals surface area contributed by atoms with E-state index < -0.39 is 12.0 Å². The molecule has 0 aliphatic heterocycles. The van der Waals surface area contributed by atoms with Crippen molar-refractivity contribution in [3.8, 4) is 0 Å². The molecule has 0 spiro atoms. The second-order valence-corrected chi connectivity index (χ2v) is 1.57. The van der Waals surface area contributed by atoms with E-state index in [0.29, 0.717) is 0 Å². The molecule has 0 heterocycles. The smallest absolute Gasteiger partial charge is 0.326 e. The fraction of sp³-hybridized carbons (Fsp3) is 0.500. The Morgan fingerprint density at radius 1 is 1.78 bits per heavy atom. The number of nitrogens with two attached hydrogens (primary N) is 1. The van der Waals surface area contributed by atoms with Crippen LogP contribution in [0, 0.1) is 0 Å². The van der Waals surface area contributed by atoms with Crippen molar-refractivity contribution in [1.82, 2.24) is 0 Å². The van der Waals surface area contributed by atoms with Crippen LogP contribution < -0.4 is 5.73 Å². The van der Waals surface area contributed by atoms with Crippen molar-refractivity contribution >= 4 is 5.97 Å². The molecular formula is C6H11NO2. The minimum atomic E-state index is -0.611. The molecule has 0 rings (SSSR count). The van der Waals surface area contributed by atoms with Gasteiger partial charge in [-0.05, 0) is 6.92 Å². The van der Waals surface area contributed by atoms with Crippen molar-refractivity contribution in [3.05, 3.63) is 12.2 Å². The molecular weight excluding hydrogens is 118 g/mol. The summed E-state index contributed by atoms with van der Waals surface area (Å²) < 4.78 is 4.35. The summed E-state index contributed by atoms with van der Waals surface area (Å²) in [5.74, 6) is -0.409. The molecule has 0 amide bonds. The third kappa shape index (κ3) is 2.87. The van der Waals surface area contributed by atoms with Crippen LogP contribution in [0.4, 0.5) is 0 Å². The van der Waals surface area contributed by atoms with E-state index in [2.05, 4.69) is 4.74 Å². The van der Waals surface area contributed by atoms with Crippen LogP contribution in [-0.4, -0.2) is 19.1 Å². The molecule has 0 fully saturated rings. The molecule has 2 N–H and O–H groups in total. The van der Waals surface area contributed by atoms with E-state index in [0.717, 1.165) is 0 Å². The number of carbonyl (C=O) groups is 1. The van der Waals surface area contributed by atoms with Crippen LogP contribution in [0.3, 0.4) is 0 Å². The Labute approximate surface area is 54.5 Å². The molecule has 3 nitrogen and oxygen atoms in total. The third-order valence-electron chi connectivity index (χ3n) is 0.873. The maximum absolute atomic E-state index is 10.5. The zero-order chi connectivity index (χ0) is 7.28. The molecule has 0 bridgehead atoms. The van der Waals surface area contributed by atoms with Gasteiger partial charge in [-0.1, -0.05) is 12.2 Å². The van der Waals surface area contributed by atoms with Gasteiger partial charge in [0.15, 0.2) is 0 Å². The number of rotatable bonds is 2. The minimum absolute atomic E-state index is 0.409. The molecule has 0 aliphatic rings. The SMILES string of the molecule is C/C=C\[C@@H](N)C(=O)OC. The van der Waals surface area contributed by atoms with E-state index in [1.165, 1.54) is 7.11 Å². The Morgan fingerprint density at radius 3 is 2.67 bits per heavy atom. The highest BCUT2D eigenvalue weighted by Gasteiger charge is 2.07. The van der Waals surface area contributed by atoms with Crippen LogP contribution >= 0.6 is 0 Å². The number of hydrogen-bond donors (Lipinski definition) is 1. The summed E-state index contributed by atoms with van der Waals surface area (Å²) in [5.41, 5.74) is 5.28. The Bertz CT molecular complexity index is 120. The second kappa shape index (κ2) is 4.09. The largest absolute Gasteiger partial charge is 0.468 e. The predicted octanol–water partition coefficient (Wildman–Crippen LogP) is 0.0628. The van der Waals surface area contributed by atoms with Gasteiger partial charge < -0.3 is 10.5 Å². The molecule has 0 aliphatic carbocycles. The first-order valence-electron chi connectivity index (χ1n) is 2.68. The highest BCUT2D eigenvalue weighted by atomic mass is 16.5. The number of allylic oxidation sites excluding steroid dienone is 1. The van der Waals surface area contributed by atoms with Gasteiger partial charge in [0.25, 0.3) is 0 Å². The van der Waals surface area contributed by atoms with Crippen LogP contribution in [0.5, 0.6) is 0 Å². The molecule has 0 saturated heterocycles. The summed E-state index contributed by atoms with van der Waals surface area (Å²) in [6, 6.07) is -0.611. The molecule has 3 heteroatoms. The normalized spacial score (nSPS) is 13.7. The third-order valence-corrected chi connectivity index (χ3v) is 0.873. The van der Waals surface area contributed by atoms with Crippen molar-refractivity contribution in [1.29, 1.82) is 0 Å². The van der Waals surface area contributed by atoms with Gasteiger partial charge in [-0.25, -0.2) is 0 Å². The van der Waals surface area contributed by atoms with E-state index in [4.69, 9.17) is 5.73 Å². The number of esters is 1. The minimum Gasteiger partial charge on any atom is -0.468 e. The summed E-state index contributed by atoms with van der Waals surface area (Å²) in [7, 11) is 1.31. The summed E-state index contributed by atoms with van der Waals surface area (Å²) >= 11 is 0. The van der Waals surface area contributed by atoms with Crippen molar-refractivity contribution < 1.29 is 9.53 Å². The molecule has 1 atom stereocenters. The van der Waals surface area contributed by atoms with Gasteiger partial charge in [0, 0.05) is 0 Å². The average Bonchev–Trinajstić information content (AvgIpc) is 1.87. The van der Waals surface area contributed by atoms with Gasteiger partial charge >= 0.3 is 5.97 Å². The molecule has 0 saturated carbocycles. The van der Waals surface area contributed by atoms with Gasteiger partial charge in [-0.2, -0.15) is 0 Å².